The lowest BCUT2D eigenvalue weighted by Crippen LogP contribution is -2.08. The molecule has 0 atom stereocenters. The number of aliphatic carboxylic acids is 1. The van der Waals surface area contributed by atoms with E-state index < -0.39 is 5.97 Å². The average Bonchev–Trinajstić information content (AvgIpc) is 2.29. The summed E-state index contributed by atoms with van der Waals surface area (Å²) >= 11 is 3.33. The molecule has 1 aromatic carbocycles. The quantitative estimate of drug-likeness (QED) is 0.902. The summed E-state index contributed by atoms with van der Waals surface area (Å²) in [5, 5.41) is 18.8. The van der Waals surface area contributed by atoms with Gasteiger partial charge in [-0.15, -0.1) is 0 Å². The third kappa shape index (κ3) is 2.63. The number of fused-ring (bicyclic) bond motifs is 1. The van der Waals surface area contributed by atoms with Crippen molar-refractivity contribution in [2.75, 3.05) is 0 Å². The number of aryl methyl sites for hydroxylation is 1. The van der Waals surface area contributed by atoms with Crippen LogP contribution in [0.4, 0.5) is 0 Å². The van der Waals surface area contributed by atoms with Crippen LogP contribution in [0.25, 0.3) is 0 Å². The molecule has 0 radical (unpaired) electrons. The van der Waals surface area contributed by atoms with Crippen LogP contribution < -0.4 is 0 Å². The first-order valence-electron chi connectivity index (χ1n) is 5.83. The number of carbonyl (C=O) groups is 1. The number of benzene rings is 1. The van der Waals surface area contributed by atoms with Crippen LogP contribution in [0.2, 0.25) is 0 Å². The van der Waals surface area contributed by atoms with Gasteiger partial charge in [0, 0.05) is 6.42 Å². The van der Waals surface area contributed by atoms with Gasteiger partial charge in [0.2, 0.25) is 0 Å². The lowest BCUT2D eigenvalue weighted by molar-refractivity contribution is -0.136. The Kier molecular flexibility index (Phi) is 3.72. The third-order valence-corrected chi connectivity index (χ3v) is 3.88. The largest absolute Gasteiger partial charge is 0.506 e. The first-order valence-corrected chi connectivity index (χ1v) is 6.62. The minimum absolute atomic E-state index is 0.0659. The number of phenolic OH excluding ortho intramolecular Hbond substituents is 1. The highest BCUT2D eigenvalue weighted by atomic mass is 79.9. The molecule has 0 aliphatic heterocycles. The molecule has 1 aromatic rings. The van der Waals surface area contributed by atoms with E-state index >= 15 is 0 Å². The van der Waals surface area contributed by atoms with Crippen LogP contribution in [0.1, 0.15) is 36.0 Å². The normalized spacial score (nSPS) is 14.4. The van der Waals surface area contributed by atoms with Gasteiger partial charge in [-0.05, 0) is 70.8 Å². The van der Waals surface area contributed by atoms with E-state index in [4.69, 9.17) is 5.11 Å². The zero-order valence-electron chi connectivity index (χ0n) is 9.50. The summed E-state index contributed by atoms with van der Waals surface area (Å²) < 4.78 is 0.679. The molecule has 0 aromatic heterocycles. The molecule has 4 heteroatoms. The highest BCUT2D eigenvalue weighted by Crippen LogP contribution is 2.37. The second-order valence-electron chi connectivity index (χ2n) is 4.42. The van der Waals surface area contributed by atoms with Crippen LogP contribution in [-0.4, -0.2) is 16.2 Å². The van der Waals surface area contributed by atoms with Gasteiger partial charge in [-0.1, -0.05) is 0 Å². The molecule has 0 fully saturated rings. The topological polar surface area (TPSA) is 57.5 Å². The van der Waals surface area contributed by atoms with Crippen molar-refractivity contribution in [3.05, 3.63) is 27.2 Å². The Morgan fingerprint density at radius 2 is 2.06 bits per heavy atom. The number of carboxylic acids is 1. The van der Waals surface area contributed by atoms with Crippen molar-refractivity contribution >= 4 is 21.9 Å². The second-order valence-corrected chi connectivity index (χ2v) is 5.28. The number of aromatic hydroxyl groups is 1. The number of carboxylic acid groups (broad SMARTS) is 1. The van der Waals surface area contributed by atoms with E-state index in [2.05, 4.69) is 15.9 Å². The third-order valence-electron chi connectivity index (χ3n) is 3.28. The van der Waals surface area contributed by atoms with E-state index in [0.29, 0.717) is 10.9 Å². The Hall–Kier alpha value is -1.03. The minimum atomic E-state index is -0.825. The van der Waals surface area contributed by atoms with E-state index in [-0.39, 0.29) is 12.2 Å². The van der Waals surface area contributed by atoms with Crippen molar-refractivity contribution in [1.29, 1.82) is 0 Å². The maximum Gasteiger partial charge on any atom is 0.303 e. The van der Waals surface area contributed by atoms with Gasteiger partial charge >= 0.3 is 5.97 Å². The number of hydrogen-bond acceptors (Lipinski definition) is 2. The van der Waals surface area contributed by atoms with Crippen molar-refractivity contribution < 1.29 is 15.0 Å². The van der Waals surface area contributed by atoms with Gasteiger partial charge in [-0.2, -0.15) is 0 Å². The maximum absolute atomic E-state index is 10.6. The summed E-state index contributed by atoms with van der Waals surface area (Å²) in [5.74, 6) is -0.610. The maximum atomic E-state index is 10.6. The Balaban J connectivity index is 2.39. The molecular weight excluding hydrogens is 284 g/mol. The Morgan fingerprint density at radius 3 is 2.76 bits per heavy atom. The first kappa shape index (κ1) is 12.4. The van der Waals surface area contributed by atoms with Crippen LogP contribution in [-0.2, 0) is 24.1 Å². The standard InChI is InChI=1S/C13H15BrO3/c14-11-7-8-3-1-2-4-9(8)10(13(11)17)5-6-12(15)16/h7,17H,1-6H2,(H,15,16). The second kappa shape index (κ2) is 5.08. The predicted molar refractivity (Wildman–Crippen MR) is 68.4 cm³/mol. The van der Waals surface area contributed by atoms with E-state index in [1.807, 2.05) is 6.07 Å². The fourth-order valence-corrected chi connectivity index (χ4v) is 2.96. The van der Waals surface area contributed by atoms with Crippen LogP contribution in [0.5, 0.6) is 5.75 Å². The van der Waals surface area contributed by atoms with Gasteiger partial charge in [-0.25, -0.2) is 0 Å². The molecule has 17 heavy (non-hydrogen) atoms. The number of hydrogen-bond donors (Lipinski definition) is 2. The van der Waals surface area contributed by atoms with Crippen molar-refractivity contribution in [1.82, 2.24) is 0 Å². The van der Waals surface area contributed by atoms with Crippen molar-refractivity contribution in [2.45, 2.75) is 38.5 Å². The average molecular weight is 299 g/mol. The molecule has 92 valence electrons. The highest BCUT2D eigenvalue weighted by molar-refractivity contribution is 9.10. The SMILES string of the molecule is O=C(O)CCc1c(O)c(Br)cc2c1CCCC2. The zero-order valence-corrected chi connectivity index (χ0v) is 11.1. The molecule has 0 unspecified atom stereocenters. The van der Waals surface area contributed by atoms with Crippen molar-refractivity contribution in [2.24, 2.45) is 0 Å². The van der Waals surface area contributed by atoms with Gasteiger partial charge in [0.25, 0.3) is 0 Å². The van der Waals surface area contributed by atoms with Gasteiger partial charge in [-0.3, -0.25) is 4.79 Å². The highest BCUT2D eigenvalue weighted by Gasteiger charge is 2.19. The summed E-state index contributed by atoms with van der Waals surface area (Å²) in [6.07, 6.45) is 4.73. The number of phenols is 1. The molecule has 1 aliphatic carbocycles. The summed E-state index contributed by atoms with van der Waals surface area (Å²) in [6.45, 7) is 0. The summed E-state index contributed by atoms with van der Waals surface area (Å²) in [4.78, 5) is 10.6. The molecule has 0 heterocycles. The van der Waals surface area contributed by atoms with Crippen LogP contribution >= 0.6 is 15.9 Å². The monoisotopic (exact) mass is 298 g/mol. The smallest absolute Gasteiger partial charge is 0.303 e. The Morgan fingerprint density at radius 1 is 1.35 bits per heavy atom. The Labute approximate surface area is 109 Å². The molecule has 2 rings (SSSR count). The molecule has 0 spiro atoms. The lowest BCUT2D eigenvalue weighted by atomic mass is 9.86. The molecule has 0 bridgehead atoms. The van der Waals surface area contributed by atoms with Crippen LogP contribution in [0.3, 0.4) is 0 Å². The Bertz CT molecular complexity index is 454. The molecule has 0 amide bonds. The molecule has 1 aliphatic rings. The molecule has 0 saturated heterocycles. The van der Waals surface area contributed by atoms with Gasteiger partial charge in [0.15, 0.2) is 0 Å². The number of rotatable bonds is 3. The summed E-state index contributed by atoms with van der Waals surface area (Å²) in [5.41, 5.74) is 3.23. The fraction of sp³-hybridized carbons (Fsp3) is 0.462. The van der Waals surface area contributed by atoms with E-state index in [0.717, 1.165) is 24.8 Å². The molecule has 2 N–H and O–H groups in total. The van der Waals surface area contributed by atoms with Gasteiger partial charge < -0.3 is 10.2 Å². The predicted octanol–water partition coefficient (Wildman–Crippen LogP) is 3.05. The fourth-order valence-electron chi connectivity index (χ4n) is 2.44. The summed E-state index contributed by atoms with van der Waals surface area (Å²) in [7, 11) is 0. The van der Waals surface area contributed by atoms with Crippen LogP contribution in [0.15, 0.2) is 10.5 Å². The van der Waals surface area contributed by atoms with E-state index in [9.17, 15) is 9.90 Å². The zero-order chi connectivity index (χ0) is 12.4. The minimum Gasteiger partial charge on any atom is -0.506 e. The van der Waals surface area contributed by atoms with E-state index in [1.54, 1.807) is 0 Å². The van der Waals surface area contributed by atoms with Gasteiger partial charge in [0.1, 0.15) is 5.75 Å². The number of halogens is 1. The lowest BCUT2D eigenvalue weighted by Gasteiger charge is -2.21. The van der Waals surface area contributed by atoms with Gasteiger partial charge in [0.05, 0.1) is 4.47 Å². The summed E-state index contributed by atoms with van der Waals surface area (Å²) in [6, 6.07) is 1.97. The van der Waals surface area contributed by atoms with Crippen molar-refractivity contribution in [3.8, 4) is 5.75 Å². The first-order chi connectivity index (χ1) is 8.09. The van der Waals surface area contributed by atoms with Crippen LogP contribution in [0, 0.1) is 0 Å². The van der Waals surface area contributed by atoms with E-state index in [1.165, 1.54) is 17.5 Å². The molecule has 3 nitrogen and oxygen atoms in total. The van der Waals surface area contributed by atoms with Crippen molar-refractivity contribution in [3.63, 3.8) is 0 Å². The molecular formula is C13H15BrO3. The molecule has 0 saturated carbocycles.